The topological polar surface area (TPSA) is 16.4 Å². The molecule has 0 radical (unpaired) electrons. The van der Waals surface area contributed by atoms with Gasteiger partial charge in [0, 0.05) is 27.7 Å². The lowest BCUT2D eigenvalue weighted by Gasteiger charge is -2.26. The summed E-state index contributed by atoms with van der Waals surface area (Å²) < 4.78 is 7.17. The number of hydrogen-bond donors (Lipinski definition) is 0. The third-order valence-corrected chi connectivity index (χ3v) is 12.5. The van der Waals surface area contributed by atoms with Gasteiger partial charge in [0.1, 0.15) is 5.58 Å². The molecule has 11 aromatic carbocycles. The first kappa shape index (κ1) is 35.7. The lowest BCUT2D eigenvalue weighted by molar-refractivity contribution is 0.670. The van der Waals surface area contributed by atoms with Crippen molar-refractivity contribution in [2.75, 3.05) is 4.90 Å². The maximum atomic E-state index is 7.17. The van der Waals surface area contributed by atoms with Gasteiger partial charge in [0.05, 0.1) is 5.69 Å². The molecule has 0 spiro atoms. The fraction of sp³-hybridized carbons (Fsp3) is 0. The van der Waals surface area contributed by atoms with Crippen LogP contribution in [0.2, 0.25) is 0 Å². The van der Waals surface area contributed by atoms with Crippen LogP contribution in [-0.4, -0.2) is 0 Å². The largest absolute Gasteiger partial charge is 0.453 e. The predicted molar refractivity (Wildman–Crippen MR) is 263 cm³/mol. The quantitative estimate of drug-likeness (QED) is 0.160. The van der Waals surface area contributed by atoms with Gasteiger partial charge in [-0.1, -0.05) is 200 Å². The van der Waals surface area contributed by atoms with Crippen molar-refractivity contribution in [2.45, 2.75) is 0 Å². The van der Waals surface area contributed by atoms with E-state index in [0.717, 1.165) is 55.7 Å². The standard InChI is InChI=1S/C60H39NO/c1-3-15-40(16-4-1)41-31-35-46(36-32-41)61(57-30-14-29-55-58-50-23-10-8-20-45(50)39-56(60(58)62-59(55)57)43-17-5-2-6-18-43)47-37-33-44(34-38-47)49-24-12-27-53-52(49)26-13-28-54(53)51-25-11-21-42-19-7-9-22-48(42)51/h1-39H. The second kappa shape index (κ2) is 14.8. The Hall–Kier alpha value is -8.20. The van der Waals surface area contributed by atoms with Gasteiger partial charge in [0.2, 0.25) is 0 Å². The highest BCUT2D eigenvalue weighted by atomic mass is 16.3. The van der Waals surface area contributed by atoms with Crippen LogP contribution in [0.3, 0.4) is 0 Å². The molecular weight excluding hydrogens is 751 g/mol. The van der Waals surface area contributed by atoms with Gasteiger partial charge in [-0.05, 0) is 108 Å². The highest BCUT2D eigenvalue weighted by Gasteiger charge is 2.23. The van der Waals surface area contributed by atoms with Crippen molar-refractivity contribution in [3.8, 4) is 44.5 Å². The fourth-order valence-corrected chi connectivity index (χ4v) is 9.55. The highest BCUT2D eigenvalue weighted by Crippen LogP contribution is 2.47. The molecule has 0 atom stereocenters. The Morgan fingerprint density at radius 3 is 1.47 bits per heavy atom. The van der Waals surface area contributed by atoms with Gasteiger partial charge in [0.15, 0.2) is 5.58 Å². The molecule has 12 aromatic rings. The molecule has 290 valence electrons. The van der Waals surface area contributed by atoms with Crippen LogP contribution in [0.25, 0.3) is 98.8 Å². The number of rotatable bonds is 7. The van der Waals surface area contributed by atoms with Crippen LogP contribution in [-0.2, 0) is 0 Å². The Bertz CT molecular complexity index is 3600. The Kier molecular flexibility index (Phi) is 8.53. The number of fused-ring (bicyclic) bond motifs is 7. The average molecular weight is 790 g/mol. The first-order valence-electron chi connectivity index (χ1n) is 21.3. The van der Waals surface area contributed by atoms with Gasteiger partial charge in [-0.25, -0.2) is 0 Å². The van der Waals surface area contributed by atoms with Crippen molar-refractivity contribution in [2.24, 2.45) is 0 Å². The summed E-state index contributed by atoms with van der Waals surface area (Å²) in [5, 5.41) is 9.57. The maximum Gasteiger partial charge on any atom is 0.159 e. The van der Waals surface area contributed by atoms with Gasteiger partial charge in [-0.15, -0.1) is 0 Å². The van der Waals surface area contributed by atoms with Crippen molar-refractivity contribution in [1.82, 2.24) is 0 Å². The van der Waals surface area contributed by atoms with Crippen LogP contribution < -0.4 is 4.90 Å². The van der Waals surface area contributed by atoms with Crippen LogP contribution in [0, 0.1) is 0 Å². The molecule has 2 heteroatoms. The van der Waals surface area contributed by atoms with E-state index in [-0.39, 0.29) is 0 Å². The van der Waals surface area contributed by atoms with Gasteiger partial charge in [0.25, 0.3) is 0 Å². The molecule has 12 rings (SSSR count). The zero-order valence-electron chi connectivity index (χ0n) is 33.9. The van der Waals surface area contributed by atoms with Gasteiger partial charge < -0.3 is 9.32 Å². The molecule has 0 N–H and O–H groups in total. The third-order valence-electron chi connectivity index (χ3n) is 12.5. The van der Waals surface area contributed by atoms with E-state index in [1.54, 1.807) is 0 Å². The lowest BCUT2D eigenvalue weighted by atomic mass is 9.91. The Morgan fingerprint density at radius 1 is 0.274 bits per heavy atom. The zero-order valence-corrected chi connectivity index (χ0v) is 33.9. The zero-order chi connectivity index (χ0) is 41.0. The van der Waals surface area contributed by atoms with E-state index in [9.17, 15) is 0 Å². The van der Waals surface area contributed by atoms with Gasteiger partial charge in [-0.2, -0.15) is 0 Å². The van der Waals surface area contributed by atoms with Crippen LogP contribution >= 0.6 is 0 Å². The van der Waals surface area contributed by atoms with E-state index >= 15 is 0 Å². The average Bonchev–Trinajstić information content (AvgIpc) is 3.75. The van der Waals surface area contributed by atoms with Crippen molar-refractivity contribution in [1.29, 1.82) is 0 Å². The lowest BCUT2D eigenvalue weighted by Crippen LogP contribution is -2.10. The molecule has 0 aliphatic rings. The SMILES string of the molecule is c1ccc(-c2ccc(N(c3ccc(-c4cccc5c(-c6cccc7ccccc67)cccc45)cc3)c3cccc4c3oc3c(-c5ccccc5)cc5ccccc5c34)cc2)cc1. The smallest absolute Gasteiger partial charge is 0.159 e. The summed E-state index contributed by atoms with van der Waals surface area (Å²) in [6.07, 6.45) is 0. The summed E-state index contributed by atoms with van der Waals surface area (Å²) in [6.45, 7) is 0. The van der Waals surface area contributed by atoms with Crippen molar-refractivity contribution < 1.29 is 4.42 Å². The molecule has 0 aliphatic heterocycles. The summed E-state index contributed by atoms with van der Waals surface area (Å²) >= 11 is 0. The first-order valence-corrected chi connectivity index (χ1v) is 21.3. The van der Waals surface area contributed by atoms with Crippen LogP contribution in [0.4, 0.5) is 17.1 Å². The number of nitrogens with zero attached hydrogens (tertiary/aromatic N) is 1. The molecule has 0 saturated heterocycles. The van der Waals surface area contributed by atoms with E-state index in [0.29, 0.717) is 0 Å². The summed E-state index contributed by atoms with van der Waals surface area (Å²) in [5.74, 6) is 0. The van der Waals surface area contributed by atoms with E-state index in [1.807, 2.05) is 0 Å². The van der Waals surface area contributed by atoms with Crippen LogP contribution in [0.1, 0.15) is 0 Å². The molecule has 0 saturated carbocycles. The third kappa shape index (κ3) is 5.96. The number of furan rings is 1. The summed E-state index contributed by atoms with van der Waals surface area (Å²) in [6, 6.07) is 85.2. The minimum atomic E-state index is 0.849. The minimum Gasteiger partial charge on any atom is -0.453 e. The second-order valence-corrected chi connectivity index (χ2v) is 16.0. The van der Waals surface area contributed by atoms with E-state index in [2.05, 4.69) is 241 Å². The molecule has 0 amide bonds. The Labute approximate surface area is 360 Å². The van der Waals surface area contributed by atoms with Crippen molar-refractivity contribution in [3.05, 3.63) is 237 Å². The highest BCUT2D eigenvalue weighted by molar-refractivity contribution is 6.24. The van der Waals surface area contributed by atoms with Gasteiger partial charge >= 0.3 is 0 Å². The molecule has 0 bridgehead atoms. The first-order chi connectivity index (χ1) is 30.8. The van der Waals surface area contributed by atoms with E-state index in [4.69, 9.17) is 4.42 Å². The van der Waals surface area contributed by atoms with Gasteiger partial charge in [-0.3, -0.25) is 0 Å². The molecule has 1 aromatic heterocycles. The molecule has 0 aliphatic carbocycles. The molecule has 0 fully saturated rings. The van der Waals surface area contributed by atoms with Crippen molar-refractivity contribution in [3.63, 3.8) is 0 Å². The molecular formula is C60H39NO. The van der Waals surface area contributed by atoms with Crippen molar-refractivity contribution >= 4 is 71.3 Å². The summed E-state index contributed by atoms with van der Waals surface area (Å²) in [5.41, 5.74) is 14.2. The normalized spacial score (nSPS) is 11.5. The fourth-order valence-electron chi connectivity index (χ4n) is 9.55. The molecule has 0 unspecified atom stereocenters. The van der Waals surface area contributed by atoms with Crippen LogP contribution in [0.5, 0.6) is 0 Å². The number of anilines is 3. The van der Waals surface area contributed by atoms with E-state index < -0.39 is 0 Å². The Morgan fingerprint density at radius 2 is 0.742 bits per heavy atom. The maximum absolute atomic E-state index is 7.17. The molecule has 1 heterocycles. The molecule has 62 heavy (non-hydrogen) atoms. The summed E-state index contributed by atoms with van der Waals surface area (Å²) in [4.78, 5) is 2.34. The Balaban J connectivity index is 1.03. The number of benzene rings is 11. The minimum absolute atomic E-state index is 0.849. The second-order valence-electron chi connectivity index (χ2n) is 16.0. The predicted octanol–water partition coefficient (Wildman–Crippen LogP) is 17.2. The van der Waals surface area contributed by atoms with E-state index in [1.165, 1.54) is 60.1 Å². The number of para-hydroxylation sites is 1. The summed E-state index contributed by atoms with van der Waals surface area (Å²) in [7, 11) is 0. The van der Waals surface area contributed by atoms with Crippen LogP contribution in [0.15, 0.2) is 241 Å². The molecule has 2 nitrogen and oxygen atoms in total. The number of hydrogen-bond acceptors (Lipinski definition) is 2. The monoisotopic (exact) mass is 789 g/mol.